The van der Waals surface area contributed by atoms with Gasteiger partial charge in [-0.15, -0.1) is 11.8 Å². The maximum Gasteiger partial charge on any atom is 0.233 e. The summed E-state index contributed by atoms with van der Waals surface area (Å²) in [7, 11) is 0. The van der Waals surface area contributed by atoms with Crippen molar-refractivity contribution in [1.29, 1.82) is 0 Å². The third-order valence-electron chi connectivity index (χ3n) is 4.23. The predicted molar refractivity (Wildman–Crippen MR) is 98.8 cm³/mol. The lowest BCUT2D eigenvalue weighted by Gasteiger charge is -2.36. The summed E-state index contributed by atoms with van der Waals surface area (Å²) in [5.41, 5.74) is 2.32. The molecule has 0 aromatic heterocycles. The van der Waals surface area contributed by atoms with Crippen molar-refractivity contribution < 1.29 is 9.90 Å². The first-order valence-corrected chi connectivity index (χ1v) is 9.11. The molecule has 2 aromatic carbocycles. The van der Waals surface area contributed by atoms with E-state index in [1.165, 1.54) is 5.56 Å². The van der Waals surface area contributed by atoms with E-state index in [1.54, 1.807) is 23.9 Å². The maximum atomic E-state index is 12.4. The van der Waals surface area contributed by atoms with E-state index in [-0.39, 0.29) is 11.7 Å². The van der Waals surface area contributed by atoms with Gasteiger partial charge in [-0.05, 0) is 43.3 Å². The second kappa shape index (κ2) is 7.62. The molecule has 0 spiro atoms. The van der Waals surface area contributed by atoms with Gasteiger partial charge in [0.1, 0.15) is 5.75 Å². The number of benzene rings is 2. The highest BCUT2D eigenvalue weighted by atomic mass is 32.2. The van der Waals surface area contributed by atoms with E-state index in [2.05, 4.69) is 36.1 Å². The van der Waals surface area contributed by atoms with Crippen molar-refractivity contribution in [2.45, 2.75) is 11.8 Å². The van der Waals surface area contributed by atoms with Gasteiger partial charge in [-0.3, -0.25) is 4.79 Å². The number of thioether (sulfide) groups is 1. The summed E-state index contributed by atoms with van der Waals surface area (Å²) in [6.45, 7) is 5.20. The van der Waals surface area contributed by atoms with E-state index in [1.807, 2.05) is 17.0 Å². The van der Waals surface area contributed by atoms with Gasteiger partial charge in [0.25, 0.3) is 0 Å². The van der Waals surface area contributed by atoms with E-state index in [9.17, 15) is 9.90 Å². The lowest BCUT2D eigenvalue weighted by atomic mass is 10.2. The summed E-state index contributed by atoms with van der Waals surface area (Å²) in [5, 5.41) is 9.36. The number of amides is 1. The van der Waals surface area contributed by atoms with Crippen LogP contribution < -0.4 is 4.90 Å². The SMILES string of the molecule is Cc1ccc(SCC(=O)N2CCN(c3ccc(O)cc3)CC2)cc1. The minimum absolute atomic E-state index is 0.200. The second-order valence-corrected chi connectivity index (χ2v) is 7.03. The maximum absolute atomic E-state index is 12.4. The van der Waals surface area contributed by atoms with Gasteiger partial charge in [0.2, 0.25) is 5.91 Å². The molecule has 2 aromatic rings. The summed E-state index contributed by atoms with van der Waals surface area (Å²) in [5.74, 6) is 0.967. The number of carbonyl (C=O) groups is 1. The Morgan fingerprint density at radius 1 is 1.00 bits per heavy atom. The van der Waals surface area contributed by atoms with Crippen LogP contribution in [0.3, 0.4) is 0 Å². The molecule has 0 saturated carbocycles. The molecule has 1 N–H and O–H groups in total. The minimum atomic E-state index is 0.200. The molecule has 1 aliphatic heterocycles. The molecule has 5 heteroatoms. The van der Waals surface area contributed by atoms with E-state index in [0.717, 1.165) is 36.8 Å². The van der Waals surface area contributed by atoms with Crippen LogP contribution in [-0.2, 0) is 4.79 Å². The van der Waals surface area contributed by atoms with E-state index >= 15 is 0 Å². The Hall–Kier alpha value is -2.14. The van der Waals surface area contributed by atoms with Crippen LogP contribution in [0.2, 0.25) is 0 Å². The van der Waals surface area contributed by atoms with Crippen molar-refractivity contribution in [1.82, 2.24) is 4.90 Å². The van der Waals surface area contributed by atoms with Gasteiger partial charge < -0.3 is 14.9 Å². The summed E-state index contributed by atoms with van der Waals surface area (Å²) in [4.78, 5) is 17.7. The number of anilines is 1. The Kier molecular flexibility index (Phi) is 5.30. The highest BCUT2D eigenvalue weighted by Gasteiger charge is 2.21. The monoisotopic (exact) mass is 342 g/mol. The van der Waals surface area contributed by atoms with Gasteiger partial charge in [-0.25, -0.2) is 0 Å². The number of aryl methyl sites for hydroxylation is 1. The Morgan fingerprint density at radius 2 is 1.62 bits per heavy atom. The summed E-state index contributed by atoms with van der Waals surface area (Å²) in [6.07, 6.45) is 0. The Bertz CT molecular complexity index is 678. The molecule has 1 aliphatic rings. The van der Waals surface area contributed by atoms with Crippen LogP contribution in [0.1, 0.15) is 5.56 Å². The number of phenols is 1. The first kappa shape index (κ1) is 16.7. The number of hydrogen-bond donors (Lipinski definition) is 1. The van der Waals surface area contributed by atoms with E-state index in [4.69, 9.17) is 0 Å². The number of rotatable bonds is 4. The Labute approximate surface area is 147 Å². The first-order chi connectivity index (χ1) is 11.6. The summed E-state index contributed by atoms with van der Waals surface area (Å²) >= 11 is 1.60. The van der Waals surface area contributed by atoms with E-state index < -0.39 is 0 Å². The molecule has 24 heavy (non-hydrogen) atoms. The van der Waals surface area contributed by atoms with E-state index in [0.29, 0.717) is 5.75 Å². The standard InChI is InChI=1S/C19H22N2O2S/c1-15-2-8-18(9-3-15)24-14-19(23)21-12-10-20(11-13-21)16-4-6-17(22)7-5-16/h2-9,22H,10-14H2,1H3. The molecule has 0 atom stereocenters. The van der Waals surface area contributed by atoms with Gasteiger partial charge in [0.05, 0.1) is 5.75 Å². The van der Waals surface area contributed by atoms with Crippen molar-refractivity contribution in [2.24, 2.45) is 0 Å². The molecule has 0 aliphatic carbocycles. The Morgan fingerprint density at radius 3 is 2.25 bits per heavy atom. The highest BCUT2D eigenvalue weighted by molar-refractivity contribution is 8.00. The average molecular weight is 342 g/mol. The van der Waals surface area contributed by atoms with Crippen LogP contribution >= 0.6 is 11.8 Å². The van der Waals surface area contributed by atoms with Gasteiger partial charge in [-0.1, -0.05) is 17.7 Å². The molecule has 0 bridgehead atoms. The molecule has 1 amide bonds. The fourth-order valence-electron chi connectivity index (χ4n) is 2.75. The zero-order valence-electron chi connectivity index (χ0n) is 13.8. The summed E-state index contributed by atoms with van der Waals surface area (Å²) in [6, 6.07) is 15.5. The fourth-order valence-corrected chi connectivity index (χ4v) is 3.55. The molecule has 4 nitrogen and oxygen atoms in total. The molecular formula is C19H22N2O2S. The smallest absolute Gasteiger partial charge is 0.233 e. The van der Waals surface area contributed by atoms with Crippen molar-refractivity contribution in [2.75, 3.05) is 36.8 Å². The van der Waals surface area contributed by atoms with Crippen LogP contribution in [-0.4, -0.2) is 47.8 Å². The minimum Gasteiger partial charge on any atom is -0.508 e. The molecule has 0 radical (unpaired) electrons. The number of nitrogens with zero attached hydrogens (tertiary/aromatic N) is 2. The molecule has 3 rings (SSSR count). The topological polar surface area (TPSA) is 43.8 Å². The van der Waals surface area contributed by atoms with Crippen LogP contribution in [0.4, 0.5) is 5.69 Å². The van der Waals surface area contributed by atoms with Crippen molar-refractivity contribution in [3.8, 4) is 5.75 Å². The highest BCUT2D eigenvalue weighted by Crippen LogP contribution is 2.21. The van der Waals surface area contributed by atoms with Crippen molar-refractivity contribution in [3.63, 3.8) is 0 Å². The normalized spacial score (nSPS) is 14.7. The molecule has 126 valence electrons. The average Bonchev–Trinajstić information content (AvgIpc) is 2.62. The summed E-state index contributed by atoms with van der Waals surface area (Å²) < 4.78 is 0. The quantitative estimate of drug-likeness (QED) is 0.867. The zero-order valence-corrected chi connectivity index (χ0v) is 14.6. The van der Waals surface area contributed by atoms with Gasteiger partial charge in [0.15, 0.2) is 0 Å². The van der Waals surface area contributed by atoms with Crippen molar-refractivity contribution in [3.05, 3.63) is 54.1 Å². The number of piperazine rings is 1. The number of carbonyl (C=O) groups excluding carboxylic acids is 1. The van der Waals surface area contributed by atoms with Gasteiger partial charge >= 0.3 is 0 Å². The largest absolute Gasteiger partial charge is 0.508 e. The molecule has 1 heterocycles. The van der Waals surface area contributed by atoms with Gasteiger partial charge in [-0.2, -0.15) is 0 Å². The predicted octanol–water partition coefficient (Wildman–Crippen LogP) is 3.14. The fraction of sp³-hybridized carbons (Fsp3) is 0.316. The zero-order chi connectivity index (χ0) is 16.9. The lowest BCUT2D eigenvalue weighted by molar-refractivity contribution is -0.128. The number of aromatic hydroxyl groups is 1. The molecule has 1 fully saturated rings. The van der Waals surface area contributed by atoms with Crippen LogP contribution in [0, 0.1) is 6.92 Å². The van der Waals surface area contributed by atoms with Crippen LogP contribution in [0.5, 0.6) is 5.75 Å². The van der Waals surface area contributed by atoms with Gasteiger partial charge in [0, 0.05) is 36.8 Å². The molecule has 1 saturated heterocycles. The lowest BCUT2D eigenvalue weighted by Crippen LogP contribution is -2.49. The molecular weight excluding hydrogens is 320 g/mol. The van der Waals surface area contributed by atoms with Crippen molar-refractivity contribution >= 4 is 23.4 Å². The first-order valence-electron chi connectivity index (χ1n) is 8.13. The third kappa shape index (κ3) is 4.23. The van der Waals surface area contributed by atoms with Crippen LogP contribution in [0.15, 0.2) is 53.4 Å². The number of hydrogen-bond acceptors (Lipinski definition) is 4. The Balaban J connectivity index is 1.48. The molecule has 0 unspecified atom stereocenters. The third-order valence-corrected chi connectivity index (χ3v) is 5.23. The van der Waals surface area contributed by atoms with Crippen LogP contribution in [0.25, 0.3) is 0 Å². The number of phenolic OH excluding ortho intramolecular Hbond substituents is 1. The second-order valence-electron chi connectivity index (χ2n) is 5.99.